The number of halogens is 2. The molecule has 1 amide bonds. The van der Waals surface area contributed by atoms with Crippen LogP contribution in [0.3, 0.4) is 0 Å². The molecular weight excluding hydrogens is 414 g/mol. The molecule has 0 aliphatic rings. The number of nitrogens with one attached hydrogen (secondary N) is 1. The number of esters is 1. The van der Waals surface area contributed by atoms with Crippen LogP contribution in [0.5, 0.6) is 0 Å². The Morgan fingerprint density at radius 2 is 1.96 bits per heavy atom. The number of hydrogen-bond donors (Lipinski definition) is 1. The zero-order chi connectivity index (χ0) is 17.7. The summed E-state index contributed by atoms with van der Waals surface area (Å²) in [5.41, 5.74) is 0.989. The van der Waals surface area contributed by atoms with E-state index in [9.17, 15) is 9.59 Å². The minimum absolute atomic E-state index is 0.292. The molecule has 1 atom stereocenters. The summed E-state index contributed by atoms with van der Waals surface area (Å²) < 4.78 is 5.55. The molecule has 2 aromatic carbocycles. The maximum Gasteiger partial charge on any atom is 0.318 e. The first-order valence-corrected chi connectivity index (χ1v) is 9.07. The van der Waals surface area contributed by atoms with Gasteiger partial charge in [-0.1, -0.05) is 39.7 Å². The molecule has 0 saturated heterocycles. The molecule has 4 nitrogen and oxygen atoms in total. The van der Waals surface area contributed by atoms with Crippen LogP contribution < -0.4 is 5.32 Å². The predicted molar refractivity (Wildman–Crippen MR) is 101 cm³/mol. The molecule has 2 rings (SSSR count). The molecule has 2 aromatic rings. The fourth-order valence-corrected chi connectivity index (χ4v) is 3.68. The van der Waals surface area contributed by atoms with Gasteiger partial charge in [0.2, 0.25) is 0 Å². The van der Waals surface area contributed by atoms with Crippen molar-refractivity contribution in [3.8, 4) is 0 Å². The fraction of sp³-hybridized carbons (Fsp3) is 0.176. The van der Waals surface area contributed by atoms with E-state index in [-0.39, 0.29) is 11.9 Å². The molecule has 1 N–H and O–H groups in total. The average Bonchev–Trinajstić information content (AvgIpc) is 2.57. The van der Waals surface area contributed by atoms with Crippen LogP contribution in [-0.2, 0) is 9.53 Å². The van der Waals surface area contributed by atoms with Gasteiger partial charge in [0.25, 0.3) is 5.91 Å². The molecule has 0 radical (unpaired) electrons. The van der Waals surface area contributed by atoms with Crippen LogP contribution in [0.25, 0.3) is 0 Å². The number of anilines is 1. The number of methoxy groups -OCH3 is 1. The highest BCUT2D eigenvalue weighted by Crippen LogP contribution is 2.30. The molecule has 0 saturated carbocycles. The van der Waals surface area contributed by atoms with Crippen LogP contribution in [0, 0.1) is 0 Å². The van der Waals surface area contributed by atoms with Gasteiger partial charge in [0.1, 0.15) is 5.25 Å². The van der Waals surface area contributed by atoms with Crippen molar-refractivity contribution in [2.24, 2.45) is 0 Å². The van der Waals surface area contributed by atoms with Crippen LogP contribution in [0.15, 0.2) is 51.8 Å². The third kappa shape index (κ3) is 4.75. The monoisotopic (exact) mass is 427 g/mol. The van der Waals surface area contributed by atoms with Crippen molar-refractivity contribution >= 4 is 56.9 Å². The normalized spacial score (nSPS) is 11.7. The van der Waals surface area contributed by atoms with Crippen molar-refractivity contribution in [2.75, 3.05) is 12.4 Å². The Morgan fingerprint density at radius 1 is 1.25 bits per heavy atom. The Morgan fingerprint density at radius 3 is 2.62 bits per heavy atom. The molecule has 0 aromatic heterocycles. The molecular formula is C17H15BrClNO3S. The number of amides is 1. The van der Waals surface area contributed by atoms with E-state index >= 15 is 0 Å². The second kappa shape index (κ2) is 8.55. The van der Waals surface area contributed by atoms with Crippen LogP contribution in [0.2, 0.25) is 5.02 Å². The molecule has 1 unspecified atom stereocenters. The van der Waals surface area contributed by atoms with Crippen molar-refractivity contribution in [3.05, 3.63) is 57.5 Å². The van der Waals surface area contributed by atoms with Gasteiger partial charge in [-0.15, -0.1) is 11.8 Å². The molecule has 24 heavy (non-hydrogen) atoms. The van der Waals surface area contributed by atoms with Gasteiger partial charge < -0.3 is 10.1 Å². The van der Waals surface area contributed by atoms with Crippen molar-refractivity contribution in [1.82, 2.24) is 0 Å². The molecule has 0 fully saturated rings. The summed E-state index contributed by atoms with van der Waals surface area (Å²) in [6, 6.07) is 12.3. The van der Waals surface area contributed by atoms with Gasteiger partial charge in [-0.3, -0.25) is 9.59 Å². The SMILES string of the molecule is COC(=O)C(C)Sc1ccccc1C(=O)Nc1ccc(Br)cc1Cl. The van der Waals surface area contributed by atoms with Crippen molar-refractivity contribution in [3.63, 3.8) is 0 Å². The maximum absolute atomic E-state index is 12.6. The number of thioether (sulfide) groups is 1. The molecule has 0 bridgehead atoms. The highest BCUT2D eigenvalue weighted by molar-refractivity contribution is 9.10. The first-order valence-electron chi connectivity index (χ1n) is 7.02. The number of benzene rings is 2. The Balaban J connectivity index is 2.22. The molecule has 7 heteroatoms. The molecule has 0 spiro atoms. The maximum atomic E-state index is 12.6. The summed E-state index contributed by atoms with van der Waals surface area (Å²) in [7, 11) is 1.34. The van der Waals surface area contributed by atoms with Crippen molar-refractivity contribution in [1.29, 1.82) is 0 Å². The zero-order valence-electron chi connectivity index (χ0n) is 13.0. The lowest BCUT2D eigenvalue weighted by molar-refractivity contribution is -0.139. The van der Waals surface area contributed by atoms with Gasteiger partial charge in [0.15, 0.2) is 0 Å². The van der Waals surface area contributed by atoms with E-state index in [4.69, 9.17) is 16.3 Å². The van der Waals surface area contributed by atoms with Gasteiger partial charge in [-0.25, -0.2) is 0 Å². The molecule has 0 aliphatic heterocycles. The standard InChI is InChI=1S/C17H15BrClNO3S/c1-10(17(22)23-2)24-15-6-4-3-5-12(15)16(21)20-14-8-7-11(18)9-13(14)19/h3-10H,1-2H3,(H,20,21). The Kier molecular flexibility index (Phi) is 6.71. The van der Waals surface area contributed by atoms with E-state index in [0.717, 1.165) is 4.47 Å². The summed E-state index contributed by atoms with van der Waals surface area (Å²) in [6.45, 7) is 1.73. The van der Waals surface area contributed by atoms with Crippen molar-refractivity contribution < 1.29 is 14.3 Å². The Hall–Kier alpha value is -1.50. The second-order valence-corrected chi connectivity index (χ2v) is 7.56. The number of rotatable bonds is 5. The lowest BCUT2D eigenvalue weighted by Gasteiger charge is -2.13. The highest BCUT2D eigenvalue weighted by Gasteiger charge is 2.19. The van der Waals surface area contributed by atoms with Gasteiger partial charge >= 0.3 is 5.97 Å². The lowest BCUT2D eigenvalue weighted by Crippen LogP contribution is -2.17. The third-order valence-corrected chi connectivity index (χ3v) is 5.11. The predicted octanol–water partition coefficient (Wildman–Crippen LogP) is 5.01. The summed E-state index contributed by atoms with van der Waals surface area (Å²) in [6.07, 6.45) is 0. The number of hydrogen-bond acceptors (Lipinski definition) is 4. The van der Waals surface area contributed by atoms with E-state index in [1.807, 2.05) is 6.07 Å². The minimum atomic E-state index is -0.416. The average molecular weight is 429 g/mol. The Bertz CT molecular complexity index is 769. The Labute approximate surface area is 158 Å². The zero-order valence-corrected chi connectivity index (χ0v) is 16.2. The summed E-state index contributed by atoms with van der Waals surface area (Å²) in [4.78, 5) is 24.9. The van der Waals surface area contributed by atoms with E-state index in [1.165, 1.54) is 18.9 Å². The van der Waals surface area contributed by atoms with Crippen LogP contribution in [0.1, 0.15) is 17.3 Å². The van der Waals surface area contributed by atoms with E-state index < -0.39 is 5.25 Å². The first kappa shape index (κ1) is 18.8. The number of ether oxygens (including phenoxy) is 1. The first-order chi connectivity index (χ1) is 11.4. The third-order valence-electron chi connectivity index (χ3n) is 3.15. The summed E-state index contributed by atoms with van der Waals surface area (Å²) in [5.74, 6) is -0.634. The molecule has 0 heterocycles. The largest absolute Gasteiger partial charge is 0.468 e. The number of carbonyl (C=O) groups is 2. The van der Waals surface area contributed by atoms with Gasteiger partial charge in [-0.05, 0) is 37.3 Å². The molecule has 126 valence electrons. The highest BCUT2D eigenvalue weighted by atomic mass is 79.9. The van der Waals surface area contributed by atoms with Gasteiger partial charge in [-0.2, -0.15) is 0 Å². The van der Waals surface area contributed by atoms with Gasteiger partial charge in [0.05, 0.1) is 23.4 Å². The summed E-state index contributed by atoms with van der Waals surface area (Å²) in [5, 5.41) is 2.81. The van der Waals surface area contributed by atoms with Crippen LogP contribution in [0.4, 0.5) is 5.69 Å². The molecule has 0 aliphatic carbocycles. The smallest absolute Gasteiger partial charge is 0.318 e. The quantitative estimate of drug-likeness (QED) is 0.537. The van der Waals surface area contributed by atoms with E-state index in [1.54, 1.807) is 43.3 Å². The minimum Gasteiger partial charge on any atom is -0.468 e. The van der Waals surface area contributed by atoms with Crippen LogP contribution >= 0.6 is 39.3 Å². The van der Waals surface area contributed by atoms with Gasteiger partial charge in [0, 0.05) is 9.37 Å². The topological polar surface area (TPSA) is 55.4 Å². The van der Waals surface area contributed by atoms with Crippen molar-refractivity contribution in [2.45, 2.75) is 17.1 Å². The fourth-order valence-electron chi connectivity index (χ4n) is 1.94. The lowest BCUT2D eigenvalue weighted by atomic mass is 10.2. The van der Waals surface area contributed by atoms with Crippen LogP contribution in [-0.4, -0.2) is 24.2 Å². The van der Waals surface area contributed by atoms with E-state index in [0.29, 0.717) is 21.2 Å². The number of carbonyl (C=O) groups excluding carboxylic acids is 2. The second-order valence-electron chi connectivity index (χ2n) is 4.86. The summed E-state index contributed by atoms with van der Waals surface area (Å²) >= 11 is 10.7. The van der Waals surface area contributed by atoms with E-state index in [2.05, 4.69) is 21.2 Å².